The van der Waals surface area contributed by atoms with Crippen molar-refractivity contribution in [3.63, 3.8) is 0 Å². The van der Waals surface area contributed by atoms with Gasteiger partial charge in [-0.1, -0.05) is 12.1 Å². The molecule has 0 radical (unpaired) electrons. The van der Waals surface area contributed by atoms with E-state index in [4.69, 9.17) is 24.6 Å². The molecule has 0 spiro atoms. The fraction of sp³-hybridized carbons (Fsp3) is 0.346. The molecule has 0 saturated heterocycles. The molecule has 0 amide bonds. The maximum atomic E-state index is 10.8. The lowest BCUT2D eigenvalue weighted by Crippen LogP contribution is -2.40. The van der Waals surface area contributed by atoms with E-state index in [0.717, 1.165) is 20.9 Å². The summed E-state index contributed by atoms with van der Waals surface area (Å²) >= 11 is 1.52. The van der Waals surface area contributed by atoms with Crippen molar-refractivity contribution in [2.75, 3.05) is 17.7 Å². The predicted octanol–water partition coefficient (Wildman–Crippen LogP) is 0.979. The van der Waals surface area contributed by atoms with Crippen molar-refractivity contribution in [3.8, 4) is 16.5 Å². The van der Waals surface area contributed by atoms with Crippen LogP contribution in [0.2, 0.25) is 0 Å². The van der Waals surface area contributed by atoms with Gasteiger partial charge in [0.25, 0.3) is 0 Å². The van der Waals surface area contributed by atoms with Crippen LogP contribution in [0.5, 0.6) is 5.88 Å². The van der Waals surface area contributed by atoms with Gasteiger partial charge in [-0.05, 0) is 32.4 Å². The largest absolute Gasteiger partial charge is 0.554 e. The first kappa shape index (κ1) is 28.1. The Morgan fingerprint density at radius 1 is 1.21 bits per heavy atom. The zero-order valence-corrected chi connectivity index (χ0v) is 22.3. The second kappa shape index (κ2) is 11.9. The Hall–Kier alpha value is -3.91. The summed E-state index contributed by atoms with van der Waals surface area (Å²) in [6.45, 7) is 2.78. The number of aromatic amines is 1. The van der Waals surface area contributed by atoms with Crippen LogP contribution in [0.3, 0.4) is 0 Å². The molecule has 4 aromatic rings. The van der Waals surface area contributed by atoms with Crippen LogP contribution in [0.1, 0.15) is 20.3 Å². The lowest BCUT2D eigenvalue weighted by molar-refractivity contribution is -0.392. The molecule has 13 heteroatoms. The highest BCUT2D eigenvalue weighted by Gasteiger charge is 2.47. The number of carboxylic acid groups (broad SMARTS) is 1. The van der Waals surface area contributed by atoms with E-state index in [1.807, 2.05) is 30.3 Å². The minimum atomic E-state index is -1.14. The summed E-state index contributed by atoms with van der Waals surface area (Å²) in [5.41, 5.74) is 1.13. The number of anilines is 3. The maximum absolute atomic E-state index is 10.8. The highest BCUT2D eigenvalue weighted by atomic mass is 32.1. The summed E-state index contributed by atoms with van der Waals surface area (Å²) < 4.78 is 6.28. The zero-order chi connectivity index (χ0) is 28.2. The number of para-hydroxylation sites is 1. The number of aromatic nitrogens is 4. The van der Waals surface area contributed by atoms with Gasteiger partial charge in [-0.25, -0.2) is 9.97 Å². The predicted molar refractivity (Wildman–Crippen MR) is 143 cm³/mol. The number of rotatable bonds is 7. The van der Waals surface area contributed by atoms with Gasteiger partial charge in [-0.15, -0.1) is 11.3 Å². The molecule has 5 rings (SSSR count). The van der Waals surface area contributed by atoms with Crippen LogP contribution >= 0.6 is 11.3 Å². The lowest BCUT2D eigenvalue weighted by Gasteiger charge is -2.28. The molecule has 206 valence electrons. The quantitative estimate of drug-likeness (QED) is 0.205. The summed E-state index contributed by atoms with van der Waals surface area (Å²) in [6, 6.07) is 10.9. The van der Waals surface area contributed by atoms with E-state index in [1.165, 1.54) is 11.3 Å². The van der Waals surface area contributed by atoms with Crippen molar-refractivity contribution in [1.29, 1.82) is 0 Å². The molecule has 1 saturated carbocycles. The van der Waals surface area contributed by atoms with Crippen LogP contribution in [-0.4, -0.2) is 67.7 Å². The van der Waals surface area contributed by atoms with Crippen LogP contribution in [0, 0.1) is 5.92 Å². The Morgan fingerprint density at radius 3 is 2.62 bits per heavy atom. The molecule has 1 aromatic carbocycles. The Morgan fingerprint density at radius 2 is 1.95 bits per heavy atom. The first-order valence-corrected chi connectivity index (χ1v) is 12.9. The van der Waals surface area contributed by atoms with Crippen LogP contribution in [0.25, 0.3) is 20.8 Å². The molecule has 0 aliphatic heterocycles. The number of pyridine rings is 1. The van der Waals surface area contributed by atoms with Gasteiger partial charge in [0.15, 0.2) is 6.20 Å². The summed E-state index contributed by atoms with van der Waals surface area (Å²) in [6.07, 6.45) is 1.64. The second-order valence-electron chi connectivity index (χ2n) is 9.54. The third kappa shape index (κ3) is 6.40. The fourth-order valence-electron chi connectivity index (χ4n) is 4.52. The molecule has 4 atom stereocenters. The number of hydrogen-bond donors (Lipinski definition) is 5. The number of benzene rings is 1. The number of carbonyl (C=O) groups is 1. The molecule has 39 heavy (non-hydrogen) atoms. The summed E-state index contributed by atoms with van der Waals surface area (Å²) in [5, 5.41) is 47.3. The maximum Gasteiger partial charge on any atom is 0.367 e. The van der Waals surface area contributed by atoms with Gasteiger partial charge in [0.1, 0.15) is 16.9 Å². The second-order valence-corrected chi connectivity index (χ2v) is 10.6. The number of thiazole rings is 1. The van der Waals surface area contributed by atoms with Gasteiger partial charge in [0.2, 0.25) is 5.95 Å². The van der Waals surface area contributed by atoms with Crippen molar-refractivity contribution < 1.29 is 34.9 Å². The first-order chi connectivity index (χ1) is 18.6. The van der Waals surface area contributed by atoms with Crippen LogP contribution < -0.4 is 25.5 Å². The number of methoxy groups -OCH3 is 1. The molecule has 0 bridgehead atoms. The molecule has 1 fully saturated rings. The molecular formula is C26H30N6O6S. The number of nitrogens with zero attached hydrogens (tertiary/aromatic N) is 3. The smallest absolute Gasteiger partial charge is 0.367 e. The molecule has 6 N–H and O–H groups in total. The van der Waals surface area contributed by atoms with Gasteiger partial charge in [0.05, 0.1) is 52.4 Å². The molecular weight excluding hydrogens is 524 g/mol. The first-order valence-electron chi connectivity index (χ1n) is 12.1. The van der Waals surface area contributed by atoms with Crippen LogP contribution in [0.15, 0.2) is 48.8 Å². The van der Waals surface area contributed by atoms with E-state index in [2.05, 4.69) is 20.6 Å². The normalized spacial score (nSPS) is 20.7. The van der Waals surface area contributed by atoms with Crippen molar-refractivity contribution in [3.05, 3.63) is 48.8 Å². The van der Waals surface area contributed by atoms with Crippen molar-refractivity contribution >= 4 is 45.5 Å². The minimum Gasteiger partial charge on any atom is -0.554 e. The highest BCUT2D eigenvalue weighted by Crippen LogP contribution is 2.39. The SMILES string of the molecule is COc1cc(Nc2ncc(-c3nc4ccccc4s3)c(N[C@@H]3C[C@H](C(C)(C)O)[C@@H](O)[C@H]3O)n2)cc[nH+]1.O=C[O-]. The molecule has 3 aromatic heterocycles. The van der Waals surface area contributed by atoms with Gasteiger partial charge >= 0.3 is 5.88 Å². The van der Waals surface area contributed by atoms with Gasteiger partial charge in [-0.2, -0.15) is 9.97 Å². The Labute approximate surface area is 228 Å². The standard InChI is InChI=1S/C25H28N6O4S.CH2O2/c1-25(2,34)15-11-17(21(33)20(15)32)29-22-14(23-30-16-6-4-5-7-18(16)36-23)12-27-24(31-22)28-13-8-9-26-19(10-13)35-3;2-1-3/h4-10,12,15,17,20-21,32-34H,11H2,1-3H3,(H2,26,27,28,29,31);1H,(H,2,3)/t15-,17+,20+,21-;/m0./s1. The minimum absolute atomic E-state index is 0.336. The van der Waals surface area contributed by atoms with Crippen molar-refractivity contribution in [2.45, 2.75) is 44.1 Å². The molecule has 1 aliphatic rings. The molecule has 3 heterocycles. The van der Waals surface area contributed by atoms with E-state index in [1.54, 1.807) is 39.4 Å². The topological polar surface area (TPSA) is 187 Å². The zero-order valence-electron chi connectivity index (χ0n) is 21.5. The fourth-order valence-corrected chi connectivity index (χ4v) is 5.50. The Balaban J connectivity index is 0.00000112. The number of nitrogens with one attached hydrogen (secondary N) is 3. The average Bonchev–Trinajstić information content (AvgIpc) is 3.46. The summed E-state index contributed by atoms with van der Waals surface area (Å²) in [5.74, 6) is 0.880. The third-order valence-electron chi connectivity index (χ3n) is 6.48. The van der Waals surface area contributed by atoms with Crippen molar-refractivity contribution in [1.82, 2.24) is 15.0 Å². The van der Waals surface area contributed by atoms with Crippen LogP contribution in [0.4, 0.5) is 17.5 Å². The molecule has 1 aliphatic carbocycles. The number of ether oxygens (including phenoxy) is 1. The number of hydrogen-bond acceptors (Lipinski definition) is 12. The van der Waals surface area contributed by atoms with E-state index in [9.17, 15) is 15.3 Å². The number of aliphatic hydroxyl groups is 3. The Kier molecular flexibility index (Phi) is 8.55. The average molecular weight is 555 g/mol. The van der Waals surface area contributed by atoms with E-state index in [-0.39, 0.29) is 0 Å². The molecule has 12 nitrogen and oxygen atoms in total. The van der Waals surface area contributed by atoms with Crippen molar-refractivity contribution in [2.24, 2.45) is 5.92 Å². The van der Waals surface area contributed by atoms with Gasteiger partial charge < -0.3 is 40.6 Å². The monoisotopic (exact) mass is 554 g/mol. The third-order valence-corrected chi connectivity index (χ3v) is 7.55. The van der Waals surface area contributed by atoms with Gasteiger partial charge in [0, 0.05) is 24.7 Å². The van der Waals surface area contributed by atoms with Crippen LogP contribution in [-0.2, 0) is 4.79 Å². The summed E-state index contributed by atoms with van der Waals surface area (Å²) in [7, 11) is 1.57. The lowest BCUT2D eigenvalue weighted by atomic mass is 9.88. The van der Waals surface area contributed by atoms with E-state index in [0.29, 0.717) is 29.6 Å². The van der Waals surface area contributed by atoms with E-state index >= 15 is 0 Å². The highest BCUT2D eigenvalue weighted by molar-refractivity contribution is 7.21. The number of H-pyrrole nitrogens is 1. The Bertz CT molecular complexity index is 1390. The molecule has 0 unspecified atom stereocenters. The summed E-state index contributed by atoms with van der Waals surface area (Å²) in [4.78, 5) is 25.2. The number of fused-ring (bicyclic) bond motifs is 1. The number of carbonyl (C=O) groups excluding carboxylic acids is 1. The van der Waals surface area contributed by atoms with Gasteiger partial charge in [-0.3, -0.25) is 0 Å². The number of aliphatic hydroxyl groups excluding tert-OH is 2. The van der Waals surface area contributed by atoms with E-state index < -0.39 is 36.2 Å².